The van der Waals surface area contributed by atoms with Crippen LogP contribution in [0.15, 0.2) is 97.1 Å². The second-order valence-electron chi connectivity index (χ2n) is 8.63. The monoisotopic (exact) mass is 386 g/mol. The van der Waals surface area contributed by atoms with Crippen LogP contribution in [-0.2, 0) is 5.41 Å². The summed E-state index contributed by atoms with van der Waals surface area (Å²) in [7, 11) is 0. The van der Waals surface area contributed by atoms with Gasteiger partial charge in [0.05, 0.1) is 0 Å². The molecular formula is C29H22O. The van der Waals surface area contributed by atoms with Gasteiger partial charge >= 0.3 is 0 Å². The van der Waals surface area contributed by atoms with Crippen LogP contribution in [-0.4, -0.2) is 0 Å². The van der Waals surface area contributed by atoms with Crippen LogP contribution in [0.1, 0.15) is 25.0 Å². The largest absolute Gasteiger partial charge is 0.457 e. The van der Waals surface area contributed by atoms with Crippen LogP contribution >= 0.6 is 0 Å². The van der Waals surface area contributed by atoms with E-state index in [0.29, 0.717) is 0 Å². The molecule has 1 heterocycles. The van der Waals surface area contributed by atoms with Crippen LogP contribution in [0, 0.1) is 0 Å². The summed E-state index contributed by atoms with van der Waals surface area (Å²) in [5, 5.41) is 5.15. The molecule has 1 heteroatoms. The van der Waals surface area contributed by atoms with Crippen molar-refractivity contribution in [1.29, 1.82) is 0 Å². The summed E-state index contributed by atoms with van der Waals surface area (Å²) in [5.74, 6) is 1.91. The zero-order valence-electron chi connectivity index (χ0n) is 17.1. The zero-order valence-corrected chi connectivity index (χ0v) is 17.1. The Morgan fingerprint density at radius 3 is 2.10 bits per heavy atom. The second kappa shape index (κ2) is 6.21. The predicted octanol–water partition coefficient (Wildman–Crippen LogP) is 8.09. The lowest BCUT2D eigenvalue weighted by atomic mass is 9.75. The molecule has 0 fully saturated rings. The smallest absolute Gasteiger partial charge is 0.131 e. The van der Waals surface area contributed by atoms with E-state index in [9.17, 15) is 0 Å². The molecule has 0 radical (unpaired) electrons. The van der Waals surface area contributed by atoms with E-state index in [1.54, 1.807) is 0 Å². The summed E-state index contributed by atoms with van der Waals surface area (Å²) in [6, 6.07) is 34.7. The number of para-hydroxylation sites is 1. The molecule has 1 nitrogen and oxygen atoms in total. The molecule has 0 saturated carbocycles. The van der Waals surface area contributed by atoms with E-state index in [1.807, 2.05) is 6.07 Å². The maximum Gasteiger partial charge on any atom is 0.131 e. The van der Waals surface area contributed by atoms with Gasteiger partial charge in [-0.15, -0.1) is 0 Å². The van der Waals surface area contributed by atoms with Crippen molar-refractivity contribution < 1.29 is 4.74 Å². The number of ether oxygens (including phenoxy) is 1. The molecule has 1 aliphatic rings. The van der Waals surface area contributed by atoms with Gasteiger partial charge in [0.1, 0.15) is 11.5 Å². The number of hydrogen-bond acceptors (Lipinski definition) is 1. The molecule has 0 aliphatic carbocycles. The molecule has 0 unspecified atom stereocenters. The normalized spacial score (nSPS) is 14.2. The summed E-state index contributed by atoms with van der Waals surface area (Å²) < 4.78 is 6.26. The summed E-state index contributed by atoms with van der Waals surface area (Å²) in [4.78, 5) is 0. The third kappa shape index (κ3) is 2.42. The third-order valence-electron chi connectivity index (χ3n) is 6.51. The van der Waals surface area contributed by atoms with Gasteiger partial charge in [0.15, 0.2) is 0 Å². The molecule has 0 bridgehead atoms. The minimum Gasteiger partial charge on any atom is -0.457 e. The molecule has 0 spiro atoms. The Hall–Kier alpha value is -3.58. The molecule has 5 aromatic carbocycles. The topological polar surface area (TPSA) is 9.23 Å². The highest BCUT2D eigenvalue weighted by atomic mass is 16.5. The molecule has 0 aromatic heterocycles. The summed E-state index contributed by atoms with van der Waals surface area (Å²) in [6.45, 7) is 4.57. The summed E-state index contributed by atoms with van der Waals surface area (Å²) in [6.07, 6.45) is 0. The van der Waals surface area contributed by atoms with Gasteiger partial charge in [0.2, 0.25) is 0 Å². The Morgan fingerprint density at radius 2 is 1.23 bits per heavy atom. The zero-order chi connectivity index (χ0) is 20.3. The van der Waals surface area contributed by atoms with Gasteiger partial charge in [-0.05, 0) is 56.9 Å². The number of benzene rings is 5. The van der Waals surface area contributed by atoms with Crippen LogP contribution in [0.5, 0.6) is 11.5 Å². The van der Waals surface area contributed by atoms with E-state index in [2.05, 4.69) is 105 Å². The van der Waals surface area contributed by atoms with Gasteiger partial charge in [-0.2, -0.15) is 0 Å². The fraction of sp³-hybridized carbons (Fsp3) is 0.103. The van der Waals surface area contributed by atoms with Crippen molar-refractivity contribution in [2.24, 2.45) is 0 Å². The Balaban J connectivity index is 1.61. The molecule has 0 amide bonds. The van der Waals surface area contributed by atoms with Gasteiger partial charge in [-0.1, -0.05) is 86.6 Å². The van der Waals surface area contributed by atoms with E-state index in [0.717, 1.165) is 11.5 Å². The average molecular weight is 386 g/mol. The molecule has 6 rings (SSSR count). The summed E-state index contributed by atoms with van der Waals surface area (Å²) >= 11 is 0. The Labute approximate surface area is 176 Å². The highest BCUT2D eigenvalue weighted by Gasteiger charge is 2.34. The second-order valence-corrected chi connectivity index (χ2v) is 8.63. The minimum absolute atomic E-state index is 0.118. The van der Waals surface area contributed by atoms with Gasteiger partial charge in [-0.25, -0.2) is 0 Å². The van der Waals surface area contributed by atoms with E-state index in [-0.39, 0.29) is 5.41 Å². The number of hydrogen-bond donors (Lipinski definition) is 0. The standard InChI is InChI=1S/C29H22O/c1-29(2)25-13-7-8-14-27(25)30-28-16-15-20(18-26(28)29)24-17-19-9-3-4-10-21(19)22-11-5-6-12-23(22)24/h3-18H,1-2H3. The Morgan fingerprint density at radius 1 is 0.567 bits per heavy atom. The van der Waals surface area contributed by atoms with Crippen LogP contribution in [0.4, 0.5) is 0 Å². The first-order valence-electron chi connectivity index (χ1n) is 10.5. The molecule has 0 saturated heterocycles. The summed E-state index contributed by atoms with van der Waals surface area (Å²) in [5.41, 5.74) is 4.84. The molecule has 30 heavy (non-hydrogen) atoms. The van der Waals surface area contributed by atoms with E-state index in [4.69, 9.17) is 4.74 Å². The fourth-order valence-corrected chi connectivity index (χ4v) is 4.90. The van der Waals surface area contributed by atoms with Gasteiger partial charge in [0, 0.05) is 16.5 Å². The fourth-order valence-electron chi connectivity index (χ4n) is 4.90. The lowest BCUT2D eigenvalue weighted by Crippen LogP contribution is -2.24. The molecular weight excluding hydrogens is 364 g/mol. The quantitative estimate of drug-likeness (QED) is 0.264. The molecule has 144 valence electrons. The highest BCUT2D eigenvalue weighted by Crippen LogP contribution is 2.49. The minimum atomic E-state index is -0.118. The van der Waals surface area contributed by atoms with Gasteiger partial charge < -0.3 is 4.74 Å². The first-order chi connectivity index (χ1) is 14.6. The van der Waals surface area contributed by atoms with Crippen molar-refractivity contribution in [2.45, 2.75) is 19.3 Å². The van der Waals surface area contributed by atoms with Gasteiger partial charge in [0.25, 0.3) is 0 Å². The average Bonchev–Trinajstić information content (AvgIpc) is 2.79. The van der Waals surface area contributed by atoms with Crippen LogP contribution in [0.2, 0.25) is 0 Å². The van der Waals surface area contributed by atoms with E-state index in [1.165, 1.54) is 43.8 Å². The van der Waals surface area contributed by atoms with Crippen molar-refractivity contribution in [3.8, 4) is 22.6 Å². The Bertz CT molecular complexity index is 1440. The van der Waals surface area contributed by atoms with Crippen LogP contribution < -0.4 is 4.74 Å². The van der Waals surface area contributed by atoms with Crippen molar-refractivity contribution in [1.82, 2.24) is 0 Å². The van der Waals surface area contributed by atoms with Crippen LogP contribution in [0.25, 0.3) is 32.7 Å². The lowest BCUT2D eigenvalue weighted by Gasteiger charge is -2.34. The molecule has 0 N–H and O–H groups in total. The first-order valence-corrected chi connectivity index (χ1v) is 10.5. The lowest BCUT2D eigenvalue weighted by molar-refractivity contribution is 0.418. The van der Waals surface area contributed by atoms with Crippen molar-refractivity contribution >= 4 is 21.5 Å². The SMILES string of the molecule is CC1(C)c2ccccc2Oc2ccc(-c3cc4ccccc4c4ccccc34)cc21. The number of fused-ring (bicyclic) bond motifs is 5. The van der Waals surface area contributed by atoms with Crippen LogP contribution in [0.3, 0.4) is 0 Å². The van der Waals surface area contributed by atoms with Crippen molar-refractivity contribution in [2.75, 3.05) is 0 Å². The van der Waals surface area contributed by atoms with Crippen molar-refractivity contribution in [3.63, 3.8) is 0 Å². The molecule has 5 aromatic rings. The Kier molecular flexibility index (Phi) is 3.58. The van der Waals surface area contributed by atoms with Gasteiger partial charge in [-0.3, -0.25) is 0 Å². The van der Waals surface area contributed by atoms with Crippen molar-refractivity contribution in [3.05, 3.63) is 108 Å². The molecule has 0 atom stereocenters. The maximum atomic E-state index is 6.26. The number of rotatable bonds is 1. The maximum absolute atomic E-state index is 6.26. The highest BCUT2D eigenvalue weighted by molar-refractivity contribution is 6.13. The third-order valence-corrected chi connectivity index (χ3v) is 6.51. The van der Waals surface area contributed by atoms with E-state index >= 15 is 0 Å². The molecule has 1 aliphatic heterocycles. The van der Waals surface area contributed by atoms with E-state index < -0.39 is 0 Å². The predicted molar refractivity (Wildman–Crippen MR) is 126 cm³/mol. The first kappa shape index (κ1) is 17.3.